The highest BCUT2D eigenvalue weighted by Gasteiger charge is 2.16. The lowest BCUT2D eigenvalue weighted by atomic mass is 10.3. The van der Waals surface area contributed by atoms with Gasteiger partial charge in [-0.1, -0.05) is 22.8 Å². The van der Waals surface area contributed by atoms with Crippen LogP contribution in [0, 0.1) is 15.9 Å². The summed E-state index contributed by atoms with van der Waals surface area (Å²) < 4.78 is 13.0. The molecule has 2 amide bonds. The maximum Gasteiger partial charge on any atom is 0.271 e. The summed E-state index contributed by atoms with van der Waals surface area (Å²) in [6.07, 6.45) is -0.309. The Balaban J connectivity index is 1.87. The third-order valence-electron chi connectivity index (χ3n) is 3.27. The van der Waals surface area contributed by atoms with E-state index in [2.05, 4.69) is 15.8 Å². The van der Waals surface area contributed by atoms with Crippen molar-refractivity contribution in [2.45, 2.75) is 13.0 Å². The summed E-state index contributed by atoms with van der Waals surface area (Å²) >= 11 is 5.81. The fourth-order valence-electron chi connectivity index (χ4n) is 1.91. The maximum atomic E-state index is 13.0. The van der Waals surface area contributed by atoms with Gasteiger partial charge in [0.05, 0.1) is 15.6 Å². The van der Waals surface area contributed by atoms with E-state index in [1.807, 2.05) is 0 Å². The van der Waals surface area contributed by atoms with E-state index in [1.54, 1.807) is 0 Å². The molecule has 0 saturated heterocycles. The third kappa shape index (κ3) is 6.02. The number of amides is 2. The predicted octanol–water partition coefficient (Wildman–Crippen LogP) is 3.36. The van der Waals surface area contributed by atoms with Crippen LogP contribution in [0.4, 0.5) is 21.5 Å². The number of halogens is 2. The third-order valence-corrected chi connectivity index (χ3v) is 3.58. The molecule has 0 bridgehead atoms. The quantitative estimate of drug-likeness (QED) is 0.413. The van der Waals surface area contributed by atoms with Gasteiger partial charge in [-0.05, 0) is 31.2 Å². The second-order valence-electron chi connectivity index (χ2n) is 5.39. The Morgan fingerprint density at radius 2 is 2.04 bits per heavy atom. The first-order valence-corrected chi connectivity index (χ1v) is 8.14. The molecule has 1 atom stereocenters. The molecule has 9 nitrogen and oxygen atoms in total. The molecule has 2 aromatic carbocycles. The summed E-state index contributed by atoms with van der Waals surface area (Å²) in [4.78, 5) is 38.7. The number of nitro groups is 1. The van der Waals surface area contributed by atoms with Crippen LogP contribution in [-0.2, 0) is 14.4 Å². The topological polar surface area (TPSA) is 123 Å². The molecule has 2 N–H and O–H groups in total. The first kappa shape index (κ1) is 20.8. The normalized spacial score (nSPS) is 11.7. The van der Waals surface area contributed by atoms with Crippen LogP contribution in [0.3, 0.4) is 0 Å². The maximum absolute atomic E-state index is 13.0. The summed E-state index contributed by atoms with van der Waals surface area (Å²) in [5, 5.41) is 18.9. The zero-order valence-electron chi connectivity index (χ0n) is 14.4. The average Bonchev–Trinajstić information content (AvgIpc) is 2.64. The van der Waals surface area contributed by atoms with Gasteiger partial charge in [0.15, 0.2) is 0 Å². The molecule has 0 aliphatic carbocycles. The predicted molar refractivity (Wildman–Crippen MR) is 101 cm³/mol. The van der Waals surface area contributed by atoms with E-state index >= 15 is 0 Å². The number of oxime groups is 1. The standard InChI is InChI=1S/C17H14ClFN4O5/c1-10(17(25)22-15-6-5-11(19)7-14(15)18)28-20-9-16(24)21-12-3-2-4-13(8-12)23(26)27/h2-10H,1H3,(H,21,24)(H,22,25)/b20-9-/t10-/m1/s1. The highest BCUT2D eigenvalue weighted by molar-refractivity contribution is 6.33. The molecule has 146 valence electrons. The minimum Gasteiger partial charge on any atom is -0.383 e. The Kier molecular flexibility index (Phi) is 6.99. The SMILES string of the molecule is C[C@@H](O/N=C\C(=O)Nc1cccc([N+](=O)[O-])c1)C(=O)Nc1ccc(F)cc1Cl. The Hall–Kier alpha value is -3.53. The molecule has 2 rings (SSSR count). The van der Waals surface area contributed by atoms with Crippen LogP contribution in [0.5, 0.6) is 0 Å². The number of nitrogens with one attached hydrogen (secondary N) is 2. The Bertz CT molecular complexity index is 938. The molecule has 0 heterocycles. The lowest BCUT2D eigenvalue weighted by molar-refractivity contribution is -0.384. The summed E-state index contributed by atoms with van der Waals surface area (Å²) in [6.45, 7) is 1.38. The molecule has 28 heavy (non-hydrogen) atoms. The van der Waals surface area contributed by atoms with Gasteiger partial charge in [0.1, 0.15) is 12.0 Å². The summed E-state index contributed by atoms with van der Waals surface area (Å²) in [5.74, 6) is -1.88. The van der Waals surface area contributed by atoms with E-state index < -0.39 is 28.7 Å². The van der Waals surface area contributed by atoms with Crippen molar-refractivity contribution in [2.75, 3.05) is 10.6 Å². The largest absolute Gasteiger partial charge is 0.383 e. The van der Waals surface area contributed by atoms with Gasteiger partial charge in [0.2, 0.25) is 6.10 Å². The van der Waals surface area contributed by atoms with Crippen molar-refractivity contribution in [3.8, 4) is 0 Å². The summed E-state index contributed by atoms with van der Waals surface area (Å²) in [7, 11) is 0. The molecular weight excluding hydrogens is 395 g/mol. The Labute approximate surface area is 163 Å². The summed E-state index contributed by atoms with van der Waals surface area (Å²) in [6, 6.07) is 8.78. The molecule has 0 saturated carbocycles. The summed E-state index contributed by atoms with van der Waals surface area (Å²) in [5.41, 5.74) is 0.203. The average molecular weight is 409 g/mol. The van der Waals surface area contributed by atoms with E-state index in [0.717, 1.165) is 18.3 Å². The number of carbonyl (C=O) groups is 2. The second kappa shape index (κ2) is 9.42. The molecule has 0 aromatic heterocycles. The van der Waals surface area contributed by atoms with Crippen molar-refractivity contribution in [2.24, 2.45) is 5.16 Å². The molecule has 2 aromatic rings. The van der Waals surface area contributed by atoms with Crippen LogP contribution in [0.15, 0.2) is 47.6 Å². The van der Waals surface area contributed by atoms with Crippen molar-refractivity contribution < 1.29 is 23.7 Å². The first-order chi connectivity index (χ1) is 13.3. The van der Waals surface area contributed by atoms with Gasteiger partial charge >= 0.3 is 0 Å². The van der Waals surface area contributed by atoms with E-state index in [9.17, 15) is 24.1 Å². The first-order valence-electron chi connectivity index (χ1n) is 7.77. The van der Waals surface area contributed by atoms with Crippen LogP contribution in [0.1, 0.15) is 6.92 Å². The molecule has 0 fully saturated rings. The number of anilines is 2. The number of rotatable bonds is 7. The lowest BCUT2D eigenvalue weighted by Gasteiger charge is -2.11. The van der Waals surface area contributed by atoms with Crippen molar-refractivity contribution in [1.82, 2.24) is 0 Å². The number of hydrogen-bond donors (Lipinski definition) is 2. The van der Waals surface area contributed by atoms with Gasteiger partial charge < -0.3 is 15.5 Å². The van der Waals surface area contributed by atoms with E-state index in [4.69, 9.17) is 16.4 Å². The van der Waals surface area contributed by atoms with Crippen LogP contribution in [-0.4, -0.2) is 29.1 Å². The minimum absolute atomic E-state index is 0.0142. The van der Waals surface area contributed by atoms with Gasteiger partial charge in [0, 0.05) is 17.8 Å². The van der Waals surface area contributed by atoms with E-state index in [-0.39, 0.29) is 22.1 Å². The molecule has 11 heteroatoms. The van der Waals surface area contributed by atoms with Gasteiger partial charge in [-0.2, -0.15) is 0 Å². The molecule has 0 spiro atoms. The fraction of sp³-hybridized carbons (Fsp3) is 0.118. The van der Waals surface area contributed by atoms with Gasteiger partial charge in [0.25, 0.3) is 17.5 Å². The number of nitrogens with zero attached hydrogens (tertiary/aromatic N) is 2. The van der Waals surface area contributed by atoms with Crippen molar-refractivity contribution in [3.63, 3.8) is 0 Å². The molecule has 0 radical (unpaired) electrons. The lowest BCUT2D eigenvalue weighted by Crippen LogP contribution is -2.26. The second-order valence-corrected chi connectivity index (χ2v) is 5.80. The Morgan fingerprint density at radius 3 is 2.71 bits per heavy atom. The zero-order valence-corrected chi connectivity index (χ0v) is 15.1. The minimum atomic E-state index is -1.08. The zero-order chi connectivity index (χ0) is 20.7. The molecule has 0 unspecified atom stereocenters. The molecule has 0 aliphatic heterocycles. The monoisotopic (exact) mass is 408 g/mol. The van der Waals surface area contributed by atoms with Crippen LogP contribution in [0.25, 0.3) is 0 Å². The smallest absolute Gasteiger partial charge is 0.271 e. The molecule has 0 aliphatic rings. The van der Waals surface area contributed by atoms with Crippen LogP contribution in [0.2, 0.25) is 5.02 Å². The van der Waals surface area contributed by atoms with Gasteiger partial charge in [-0.3, -0.25) is 19.7 Å². The van der Waals surface area contributed by atoms with E-state index in [1.165, 1.54) is 37.3 Å². The number of carbonyl (C=O) groups excluding carboxylic acids is 2. The highest BCUT2D eigenvalue weighted by Crippen LogP contribution is 2.22. The van der Waals surface area contributed by atoms with Crippen LogP contribution < -0.4 is 10.6 Å². The number of hydrogen-bond acceptors (Lipinski definition) is 6. The van der Waals surface area contributed by atoms with Gasteiger partial charge in [-0.25, -0.2) is 4.39 Å². The van der Waals surface area contributed by atoms with Crippen molar-refractivity contribution >= 4 is 46.7 Å². The van der Waals surface area contributed by atoms with Crippen molar-refractivity contribution in [3.05, 3.63) is 63.4 Å². The molecular formula is C17H14ClFN4O5. The highest BCUT2D eigenvalue weighted by atomic mass is 35.5. The van der Waals surface area contributed by atoms with Crippen molar-refractivity contribution in [1.29, 1.82) is 0 Å². The fourth-order valence-corrected chi connectivity index (χ4v) is 2.13. The Morgan fingerprint density at radius 1 is 1.29 bits per heavy atom. The van der Waals surface area contributed by atoms with Crippen LogP contribution >= 0.6 is 11.6 Å². The van der Waals surface area contributed by atoms with E-state index in [0.29, 0.717) is 0 Å². The number of nitro benzene ring substituents is 1. The number of non-ortho nitro benzene ring substituents is 1. The number of benzene rings is 2. The van der Waals surface area contributed by atoms with Gasteiger partial charge in [-0.15, -0.1) is 0 Å².